The van der Waals surface area contributed by atoms with Crippen LogP contribution < -0.4 is 5.73 Å². The van der Waals surface area contributed by atoms with Crippen molar-refractivity contribution in [3.05, 3.63) is 41.6 Å². The molecule has 3 nitrogen and oxygen atoms in total. The second kappa shape index (κ2) is 4.67. The van der Waals surface area contributed by atoms with Gasteiger partial charge in [-0.1, -0.05) is 18.2 Å². The molecule has 2 heterocycles. The Morgan fingerprint density at radius 1 is 1.39 bits per heavy atom. The van der Waals surface area contributed by atoms with Crippen molar-refractivity contribution < 1.29 is 0 Å². The third kappa shape index (κ3) is 2.24. The molecule has 1 aliphatic rings. The molecule has 2 N–H and O–H groups in total. The number of aromatic nitrogens is 1. The van der Waals surface area contributed by atoms with Crippen LogP contribution in [0.15, 0.2) is 30.3 Å². The molecular weight excluding hydrogens is 222 g/mol. The van der Waals surface area contributed by atoms with Crippen LogP contribution in [0.4, 0.5) is 0 Å². The molecule has 1 saturated heterocycles. The Morgan fingerprint density at radius 2 is 2.22 bits per heavy atom. The zero-order valence-corrected chi connectivity index (χ0v) is 10.8. The number of nitrogens with two attached hydrogens (primary N) is 1. The lowest BCUT2D eigenvalue weighted by Gasteiger charge is -2.17. The number of nitrogens with zero attached hydrogens (tertiary/aromatic N) is 2. The van der Waals surface area contributed by atoms with E-state index >= 15 is 0 Å². The van der Waals surface area contributed by atoms with Crippen molar-refractivity contribution in [3.8, 4) is 0 Å². The van der Waals surface area contributed by atoms with Gasteiger partial charge < -0.3 is 5.73 Å². The van der Waals surface area contributed by atoms with Gasteiger partial charge in [-0.3, -0.25) is 9.88 Å². The highest BCUT2D eigenvalue weighted by molar-refractivity contribution is 5.82. The lowest BCUT2D eigenvalue weighted by atomic mass is 10.1. The molecule has 18 heavy (non-hydrogen) atoms. The average molecular weight is 241 g/mol. The highest BCUT2D eigenvalue weighted by atomic mass is 15.2. The van der Waals surface area contributed by atoms with Crippen LogP contribution in [0.3, 0.4) is 0 Å². The summed E-state index contributed by atoms with van der Waals surface area (Å²) in [5, 5.41) is 1.27. The van der Waals surface area contributed by atoms with Gasteiger partial charge in [-0.05, 0) is 31.0 Å². The Bertz CT molecular complexity index is 565. The molecule has 0 spiro atoms. The van der Waals surface area contributed by atoms with E-state index in [1.54, 1.807) is 0 Å². The van der Waals surface area contributed by atoms with E-state index in [1.807, 2.05) is 6.07 Å². The molecule has 0 radical (unpaired) electrons. The number of para-hydroxylation sites is 1. The van der Waals surface area contributed by atoms with Crippen molar-refractivity contribution >= 4 is 10.9 Å². The number of rotatable bonds is 2. The quantitative estimate of drug-likeness (QED) is 0.875. The summed E-state index contributed by atoms with van der Waals surface area (Å²) in [6.07, 6.45) is 1.11. The van der Waals surface area contributed by atoms with Gasteiger partial charge in [0.25, 0.3) is 0 Å². The minimum Gasteiger partial charge on any atom is -0.326 e. The maximum Gasteiger partial charge on any atom is 0.0708 e. The van der Waals surface area contributed by atoms with Gasteiger partial charge >= 0.3 is 0 Å². The topological polar surface area (TPSA) is 42.1 Å². The van der Waals surface area contributed by atoms with Crippen LogP contribution in [0.2, 0.25) is 0 Å². The number of fused-ring (bicyclic) bond motifs is 1. The van der Waals surface area contributed by atoms with E-state index in [0.29, 0.717) is 6.04 Å². The Balaban J connectivity index is 1.95. The summed E-state index contributed by atoms with van der Waals surface area (Å²) < 4.78 is 0. The minimum absolute atomic E-state index is 0.346. The molecule has 1 fully saturated rings. The van der Waals surface area contributed by atoms with E-state index in [9.17, 15) is 0 Å². The van der Waals surface area contributed by atoms with Crippen molar-refractivity contribution in [2.45, 2.75) is 25.9 Å². The molecule has 1 aromatic carbocycles. The average Bonchev–Trinajstić information content (AvgIpc) is 2.74. The molecule has 1 aromatic heterocycles. The summed E-state index contributed by atoms with van der Waals surface area (Å²) in [6, 6.07) is 10.9. The Hall–Kier alpha value is -1.45. The molecule has 3 rings (SSSR count). The van der Waals surface area contributed by atoms with E-state index in [4.69, 9.17) is 5.73 Å². The molecule has 0 saturated carbocycles. The number of hydrogen-bond donors (Lipinski definition) is 1. The molecule has 0 amide bonds. The van der Waals surface area contributed by atoms with Gasteiger partial charge in [0, 0.05) is 36.8 Å². The fourth-order valence-electron chi connectivity index (χ4n) is 2.77. The van der Waals surface area contributed by atoms with Gasteiger partial charge in [0.1, 0.15) is 0 Å². The Morgan fingerprint density at radius 3 is 3.00 bits per heavy atom. The Labute approximate surface area is 108 Å². The van der Waals surface area contributed by atoms with E-state index < -0.39 is 0 Å². The van der Waals surface area contributed by atoms with Crippen LogP contribution in [-0.2, 0) is 6.54 Å². The van der Waals surface area contributed by atoms with Crippen LogP contribution >= 0.6 is 0 Å². The summed E-state index contributed by atoms with van der Waals surface area (Å²) in [6.45, 7) is 5.16. The van der Waals surface area contributed by atoms with Crippen LogP contribution in [0.5, 0.6) is 0 Å². The van der Waals surface area contributed by atoms with Gasteiger partial charge in [0.2, 0.25) is 0 Å². The van der Waals surface area contributed by atoms with Crippen molar-refractivity contribution in [3.63, 3.8) is 0 Å². The van der Waals surface area contributed by atoms with Crippen molar-refractivity contribution in [1.29, 1.82) is 0 Å². The second-order valence-electron chi connectivity index (χ2n) is 5.22. The molecule has 0 bridgehead atoms. The van der Waals surface area contributed by atoms with Crippen LogP contribution in [0.1, 0.15) is 17.7 Å². The molecule has 94 valence electrons. The molecule has 3 heteroatoms. The summed E-state index contributed by atoms with van der Waals surface area (Å²) >= 11 is 0. The lowest BCUT2D eigenvalue weighted by Crippen LogP contribution is -2.26. The summed E-state index contributed by atoms with van der Waals surface area (Å²) in [7, 11) is 0. The van der Waals surface area contributed by atoms with Crippen molar-refractivity contribution in [2.24, 2.45) is 5.73 Å². The fraction of sp³-hybridized carbons (Fsp3) is 0.400. The van der Waals surface area contributed by atoms with E-state index in [1.165, 1.54) is 10.9 Å². The highest BCUT2D eigenvalue weighted by Crippen LogP contribution is 2.21. The zero-order valence-electron chi connectivity index (χ0n) is 10.8. The third-order valence-electron chi connectivity index (χ3n) is 3.63. The van der Waals surface area contributed by atoms with Gasteiger partial charge in [0.15, 0.2) is 0 Å². The van der Waals surface area contributed by atoms with Crippen molar-refractivity contribution in [1.82, 2.24) is 9.88 Å². The Kier molecular flexibility index (Phi) is 3.02. The number of hydrogen-bond acceptors (Lipinski definition) is 3. The van der Waals surface area contributed by atoms with Crippen molar-refractivity contribution in [2.75, 3.05) is 13.1 Å². The number of benzene rings is 1. The number of aryl methyl sites for hydroxylation is 1. The largest absolute Gasteiger partial charge is 0.326 e. The molecule has 1 atom stereocenters. The van der Waals surface area contributed by atoms with Crippen LogP contribution in [0, 0.1) is 6.92 Å². The molecular formula is C15H19N3. The molecule has 1 aliphatic heterocycles. The standard InChI is InChI=1S/C15H19N3/c1-11-8-12(9-18-7-6-13(16)10-18)14-4-2-3-5-15(14)17-11/h2-5,8,13H,6-7,9-10,16H2,1H3/t13-/m0/s1. The van der Waals surface area contributed by atoms with E-state index in [-0.39, 0.29) is 0 Å². The third-order valence-corrected chi connectivity index (χ3v) is 3.63. The highest BCUT2D eigenvalue weighted by Gasteiger charge is 2.19. The normalized spacial score (nSPS) is 20.7. The number of pyridine rings is 1. The molecule has 0 unspecified atom stereocenters. The summed E-state index contributed by atoms with van der Waals surface area (Å²) in [5.41, 5.74) is 9.52. The van der Waals surface area contributed by atoms with E-state index in [0.717, 1.165) is 37.3 Å². The summed E-state index contributed by atoms with van der Waals surface area (Å²) in [4.78, 5) is 7.02. The first-order chi connectivity index (χ1) is 8.72. The number of likely N-dealkylation sites (tertiary alicyclic amines) is 1. The SMILES string of the molecule is Cc1cc(CN2CC[C@H](N)C2)c2ccccc2n1. The van der Waals surface area contributed by atoms with E-state index in [2.05, 4.69) is 41.1 Å². The lowest BCUT2D eigenvalue weighted by molar-refractivity contribution is 0.328. The summed E-state index contributed by atoms with van der Waals surface area (Å²) in [5.74, 6) is 0. The first-order valence-electron chi connectivity index (χ1n) is 6.55. The van der Waals surface area contributed by atoms with Crippen LogP contribution in [-0.4, -0.2) is 29.0 Å². The van der Waals surface area contributed by atoms with Crippen LogP contribution in [0.25, 0.3) is 10.9 Å². The smallest absolute Gasteiger partial charge is 0.0708 e. The fourth-order valence-corrected chi connectivity index (χ4v) is 2.77. The zero-order chi connectivity index (χ0) is 12.5. The van der Waals surface area contributed by atoms with Gasteiger partial charge in [-0.25, -0.2) is 0 Å². The maximum absolute atomic E-state index is 5.97. The monoisotopic (exact) mass is 241 g/mol. The first kappa shape index (κ1) is 11.6. The predicted molar refractivity (Wildman–Crippen MR) is 74.3 cm³/mol. The van der Waals surface area contributed by atoms with Gasteiger partial charge in [-0.2, -0.15) is 0 Å². The van der Waals surface area contributed by atoms with Gasteiger partial charge in [-0.15, -0.1) is 0 Å². The van der Waals surface area contributed by atoms with Gasteiger partial charge in [0.05, 0.1) is 5.52 Å². The molecule has 0 aliphatic carbocycles. The second-order valence-corrected chi connectivity index (χ2v) is 5.22. The maximum atomic E-state index is 5.97. The molecule has 2 aromatic rings. The first-order valence-corrected chi connectivity index (χ1v) is 6.55. The predicted octanol–water partition coefficient (Wildman–Crippen LogP) is 2.08. The minimum atomic E-state index is 0.346.